The molecule has 0 unspecified atom stereocenters. The van der Waals surface area contributed by atoms with Crippen molar-refractivity contribution in [3.63, 3.8) is 0 Å². The summed E-state index contributed by atoms with van der Waals surface area (Å²) < 4.78 is 5.48. The summed E-state index contributed by atoms with van der Waals surface area (Å²) in [6.45, 7) is 3.79. The number of phenols is 1. The maximum atomic E-state index is 11.7. The minimum absolute atomic E-state index is 0.1000. The van der Waals surface area contributed by atoms with Gasteiger partial charge >= 0.3 is 0 Å². The highest BCUT2D eigenvalue weighted by molar-refractivity contribution is 5.83. The second kappa shape index (κ2) is 7.26. The summed E-state index contributed by atoms with van der Waals surface area (Å²) in [5.41, 5.74) is 5.22. The Kier molecular flexibility index (Phi) is 5.14. The molecule has 0 spiro atoms. The van der Waals surface area contributed by atoms with Gasteiger partial charge in [0.1, 0.15) is 11.5 Å². The lowest BCUT2D eigenvalue weighted by atomic mass is 10.1. The average Bonchev–Trinajstić information content (AvgIpc) is 2.50. The molecule has 114 valence electrons. The van der Waals surface area contributed by atoms with Gasteiger partial charge in [-0.25, -0.2) is 5.43 Å². The SMILES string of the molecule is Cc1ccc(C)c(OCC(=O)NN=Cc2ccc(O)cc2)c1. The van der Waals surface area contributed by atoms with Crippen LogP contribution in [0.5, 0.6) is 11.5 Å². The predicted octanol–water partition coefficient (Wildman–Crippen LogP) is 2.54. The largest absolute Gasteiger partial charge is 0.508 e. The molecule has 2 rings (SSSR count). The van der Waals surface area contributed by atoms with Crippen LogP contribution >= 0.6 is 0 Å². The van der Waals surface area contributed by atoms with Crippen LogP contribution in [0.3, 0.4) is 0 Å². The number of carbonyl (C=O) groups excluding carboxylic acids is 1. The van der Waals surface area contributed by atoms with Crippen molar-refractivity contribution in [1.29, 1.82) is 0 Å². The summed E-state index contributed by atoms with van der Waals surface area (Å²) in [6, 6.07) is 12.3. The van der Waals surface area contributed by atoms with E-state index in [9.17, 15) is 4.79 Å². The third-order valence-electron chi connectivity index (χ3n) is 3.00. The second-order valence-electron chi connectivity index (χ2n) is 4.94. The normalized spacial score (nSPS) is 10.6. The fourth-order valence-electron chi connectivity index (χ4n) is 1.78. The molecule has 0 saturated carbocycles. The summed E-state index contributed by atoms with van der Waals surface area (Å²) in [7, 11) is 0. The summed E-state index contributed by atoms with van der Waals surface area (Å²) in [5.74, 6) is 0.539. The van der Waals surface area contributed by atoms with Gasteiger partial charge < -0.3 is 9.84 Å². The molecular formula is C17H18N2O3. The summed E-state index contributed by atoms with van der Waals surface area (Å²) >= 11 is 0. The summed E-state index contributed by atoms with van der Waals surface area (Å²) in [4.78, 5) is 11.7. The van der Waals surface area contributed by atoms with E-state index in [0.29, 0.717) is 5.75 Å². The summed E-state index contributed by atoms with van der Waals surface area (Å²) in [5, 5.41) is 13.0. The molecule has 0 saturated heterocycles. The lowest BCUT2D eigenvalue weighted by molar-refractivity contribution is -0.123. The molecule has 2 aromatic carbocycles. The molecule has 5 heteroatoms. The third kappa shape index (κ3) is 4.63. The van der Waals surface area contributed by atoms with Crippen LogP contribution < -0.4 is 10.2 Å². The third-order valence-corrected chi connectivity index (χ3v) is 3.00. The quantitative estimate of drug-likeness (QED) is 0.658. The molecule has 2 N–H and O–H groups in total. The van der Waals surface area contributed by atoms with Crippen molar-refractivity contribution in [2.24, 2.45) is 5.10 Å². The van der Waals surface area contributed by atoms with E-state index in [1.807, 2.05) is 32.0 Å². The molecule has 1 amide bonds. The van der Waals surface area contributed by atoms with Gasteiger partial charge in [-0.2, -0.15) is 5.10 Å². The van der Waals surface area contributed by atoms with Crippen LogP contribution in [0.15, 0.2) is 47.6 Å². The average molecular weight is 298 g/mol. The Morgan fingerprint density at radius 3 is 2.68 bits per heavy atom. The van der Waals surface area contributed by atoms with Gasteiger partial charge in [0, 0.05) is 0 Å². The predicted molar refractivity (Wildman–Crippen MR) is 85.3 cm³/mol. The van der Waals surface area contributed by atoms with E-state index >= 15 is 0 Å². The molecule has 0 aliphatic rings. The fourth-order valence-corrected chi connectivity index (χ4v) is 1.78. The lowest BCUT2D eigenvalue weighted by Crippen LogP contribution is -2.24. The first-order valence-corrected chi connectivity index (χ1v) is 6.85. The van der Waals surface area contributed by atoms with Crippen LogP contribution in [-0.4, -0.2) is 23.8 Å². The first-order valence-electron chi connectivity index (χ1n) is 6.85. The van der Waals surface area contributed by atoms with Crippen molar-refractivity contribution in [3.8, 4) is 11.5 Å². The first kappa shape index (κ1) is 15.6. The van der Waals surface area contributed by atoms with Gasteiger partial charge in [-0.1, -0.05) is 12.1 Å². The molecule has 0 radical (unpaired) electrons. The minimum atomic E-state index is -0.337. The van der Waals surface area contributed by atoms with Gasteiger partial charge in [0.15, 0.2) is 6.61 Å². The lowest BCUT2D eigenvalue weighted by Gasteiger charge is -2.08. The molecule has 0 heterocycles. The first-order chi connectivity index (χ1) is 10.5. The standard InChI is InChI=1S/C17H18N2O3/c1-12-3-4-13(2)16(9-12)22-11-17(21)19-18-10-14-5-7-15(20)8-6-14/h3-10,20H,11H2,1-2H3,(H,19,21). The van der Waals surface area contributed by atoms with Crippen molar-refractivity contribution in [3.05, 3.63) is 59.2 Å². The Morgan fingerprint density at radius 2 is 1.95 bits per heavy atom. The number of carbonyl (C=O) groups is 1. The fraction of sp³-hybridized carbons (Fsp3) is 0.176. The number of nitrogens with zero attached hydrogens (tertiary/aromatic N) is 1. The van der Waals surface area contributed by atoms with Crippen molar-refractivity contribution < 1.29 is 14.6 Å². The van der Waals surface area contributed by atoms with Gasteiger partial charge in [0.2, 0.25) is 0 Å². The number of amides is 1. The molecular weight excluding hydrogens is 280 g/mol. The van der Waals surface area contributed by atoms with E-state index in [0.717, 1.165) is 16.7 Å². The number of nitrogens with one attached hydrogen (secondary N) is 1. The maximum Gasteiger partial charge on any atom is 0.277 e. The molecule has 0 aliphatic carbocycles. The van der Waals surface area contributed by atoms with Gasteiger partial charge in [0.25, 0.3) is 5.91 Å². The van der Waals surface area contributed by atoms with E-state index in [2.05, 4.69) is 10.5 Å². The number of hydrazone groups is 1. The molecule has 0 bridgehead atoms. The zero-order chi connectivity index (χ0) is 15.9. The van der Waals surface area contributed by atoms with Gasteiger partial charge in [-0.15, -0.1) is 0 Å². The Bertz CT molecular complexity index is 679. The highest BCUT2D eigenvalue weighted by Crippen LogP contribution is 2.18. The van der Waals surface area contributed by atoms with Crippen LogP contribution in [0.25, 0.3) is 0 Å². The maximum absolute atomic E-state index is 11.7. The van der Waals surface area contributed by atoms with E-state index in [4.69, 9.17) is 9.84 Å². The number of aromatic hydroxyl groups is 1. The van der Waals surface area contributed by atoms with Crippen LogP contribution in [0, 0.1) is 13.8 Å². The number of ether oxygens (including phenoxy) is 1. The Labute approximate surface area is 129 Å². The summed E-state index contributed by atoms with van der Waals surface area (Å²) in [6.07, 6.45) is 1.50. The minimum Gasteiger partial charge on any atom is -0.508 e. The van der Waals surface area contributed by atoms with E-state index in [1.54, 1.807) is 24.3 Å². The van der Waals surface area contributed by atoms with Crippen LogP contribution in [0.1, 0.15) is 16.7 Å². The number of benzene rings is 2. The Balaban J connectivity index is 1.83. The topological polar surface area (TPSA) is 70.9 Å². The van der Waals surface area contributed by atoms with Crippen LogP contribution in [0.4, 0.5) is 0 Å². The smallest absolute Gasteiger partial charge is 0.277 e. The van der Waals surface area contributed by atoms with Crippen molar-refractivity contribution in [2.45, 2.75) is 13.8 Å². The van der Waals surface area contributed by atoms with Crippen molar-refractivity contribution in [2.75, 3.05) is 6.61 Å². The number of phenolic OH excluding ortho intramolecular Hbond substituents is 1. The van der Waals surface area contributed by atoms with Crippen molar-refractivity contribution >= 4 is 12.1 Å². The Hall–Kier alpha value is -2.82. The van der Waals surface area contributed by atoms with E-state index in [-0.39, 0.29) is 18.3 Å². The molecule has 5 nitrogen and oxygen atoms in total. The van der Waals surface area contributed by atoms with Gasteiger partial charge in [0.05, 0.1) is 6.21 Å². The molecule has 0 fully saturated rings. The number of rotatable bonds is 5. The Morgan fingerprint density at radius 1 is 1.23 bits per heavy atom. The molecule has 0 atom stereocenters. The number of aryl methyl sites for hydroxylation is 2. The van der Waals surface area contributed by atoms with Crippen LogP contribution in [0.2, 0.25) is 0 Å². The number of hydrogen-bond acceptors (Lipinski definition) is 4. The zero-order valence-corrected chi connectivity index (χ0v) is 12.5. The van der Waals surface area contributed by atoms with E-state index < -0.39 is 0 Å². The molecule has 0 aliphatic heterocycles. The van der Waals surface area contributed by atoms with Crippen LogP contribution in [-0.2, 0) is 4.79 Å². The van der Waals surface area contributed by atoms with Crippen molar-refractivity contribution in [1.82, 2.24) is 5.43 Å². The van der Waals surface area contributed by atoms with E-state index in [1.165, 1.54) is 6.21 Å². The highest BCUT2D eigenvalue weighted by atomic mass is 16.5. The second-order valence-corrected chi connectivity index (χ2v) is 4.94. The number of hydrogen-bond donors (Lipinski definition) is 2. The molecule has 22 heavy (non-hydrogen) atoms. The monoisotopic (exact) mass is 298 g/mol. The van der Waals surface area contributed by atoms with Gasteiger partial charge in [-0.3, -0.25) is 4.79 Å². The van der Waals surface area contributed by atoms with Gasteiger partial charge in [-0.05, 0) is 60.9 Å². The molecule has 2 aromatic rings. The highest BCUT2D eigenvalue weighted by Gasteiger charge is 2.04. The molecule has 0 aromatic heterocycles. The zero-order valence-electron chi connectivity index (χ0n) is 12.5.